The van der Waals surface area contributed by atoms with Crippen molar-refractivity contribution < 1.29 is 9.47 Å². The van der Waals surface area contributed by atoms with E-state index in [1.54, 1.807) is 7.11 Å². The maximum Gasteiger partial charge on any atom is 0.257 e. The fourth-order valence-electron chi connectivity index (χ4n) is 1.06. The number of pyridine rings is 1. The summed E-state index contributed by atoms with van der Waals surface area (Å²) in [4.78, 5) is 4.30. The van der Waals surface area contributed by atoms with Gasteiger partial charge in [-0.1, -0.05) is 6.92 Å². The topological polar surface area (TPSA) is 31.4 Å². The van der Waals surface area contributed by atoms with Crippen molar-refractivity contribution in [2.24, 2.45) is 0 Å². The van der Waals surface area contributed by atoms with E-state index in [-0.39, 0.29) is 0 Å². The van der Waals surface area contributed by atoms with Crippen LogP contribution in [-0.2, 0) is 6.42 Å². The molecule has 0 aromatic carbocycles. The maximum atomic E-state index is 5.33. The van der Waals surface area contributed by atoms with Gasteiger partial charge < -0.3 is 9.47 Å². The van der Waals surface area contributed by atoms with Crippen LogP contribution in [0.3, 0.4) is 0 Å². The highest BCUT2D eigenvalue weighted by Crippen LogP contribution is 2.24. The molecule has 0 N–H and O–H groups in total. The summed E-state index contributed by atoms with van der Waals surface area (Å²) in [6.07, 6.45) is 0.907. The monoisotopic (exact) mass is 181 g/mol. The molecule has 0 saturated carbocycles. The predicted molar refractivity (Wildman–Crippen MR) is 51.3 cm³/mol. The molecule has 72 valence electrons. The van der Waals surface area contributed by atoms with Gasteiger partial charge in [0.2, 0.25) is 0 Å². The van der Waals surface area contributed by atoms with Crippen molar-refractivity contribution in [3.05, 3.63) is 17.8 Å². The second kappa shape index (κ2) is 4.70. The molecule has 0 unspecified atom stereocenters. The van der Waals surface area contributed by atoms with Crippen LogP contribution in [0.25, 0.3) is 0 Å². The van der Waals surface area contributed by atoms with E-state index >= 15 is 0 Å². The summed E-state index contributed by atoms with van der Waals surface area (Å²) in [5.74, 6) is 1.28. The van der Waals surface area contributed by atoms with Crippen molar-refractivity contribution in [1.82, 2.24) is 4.98 Å². The van der Waals surface area contributed by atoms with Crippen LogP contribution < -0.4 is 9.47 Å². The lowest BCUT2D eigenvalue weighted by atomic mass is 10.3. The van der Waals surface area contributed by atoms with Crippen molar-refractivity contribution in [2.75, 3.05) is 13.7 Å². The second-order valence-corrected chi connectivity index (χ2v) is 2.60. The quantitative estimate of drug-likeness (QED) is 0.712. The molecule has 1 rings (SSSR count). The zero-order valence-corrected chi connectivity index (χ0v) is 8.33. The highest BCUT2D eigenvalue weighted by molar-refractivity contribution is 5.34. The molecule has 0 bridgehead atoms. The van der Waals surface area contributed by atoms with E-state index in [1.165, 1.54) is 0 Å². The average molecular weight is 181 g/mol. The van der Waals surface area contributed by atoms with Gasteiger partial charge >= 0.3 is 0 Å². The standard InChI is InChI=1S/C10H15NO2/c1-4-8-6-7-9(12-3)10(11-8)13-5-2/h6-7H,4-5H2,1-3H3. The normalized spacial score (nSPS) is 9.77. The Kier molecular flexibility index (Phi) is 3.55. The molecular weight excluding hydrogens is 166 g/mol. The largest absolute Gasteiger partial charge is 0.491 e. The van der Waals surface area contributed by atoms with Gasteiger partial charge in [-0.3, -0.25) is 0 Å². The van der Waals surface area contributed by atoms with Crippen LogP contribution in [0.5, 0.6) is 11.6 Å². The first-order valence-corrected chi connectivity index (χ1v) is 4.48. The lowest BCUT2D eigenvalue weighted by molar-refractivity contribution is 0.297. The van der Waals surface area contributed by atoms with E-state index in [2.05, 4.69) is 11.9 Å². The molecule has 13 heavy (non-hydrogen) atoms. The number of aryl methyl sites for hydroxylation is 1. The number of hydrogen-bond donors (Lipinski definition) is 0. The molecule has 0 radical (unpaired) electrons. The van der Waals surface area contributed by atoms with Crippen LogP contribution in [0.1, 0.15) is 19.5 Å². The summed E-state index contributed by atoms with van der Waals surface area (Å²) in [6, 6.07) is 3.83. The summed E-state index contributed by atoms with van der Waals surface area (Å²) in [7, 11) is 1.62. The summed E-state index contributed by atoms with van der Waals surface area (Å²) < 4.78 is 10.4. The molecule has 1 aromatic rings. The molecule has 0 aliphatic heterocycles. The molecule has 0 atom stereocenters. The minimum absolute atomic E-state index is 0.587. The SMILES string of the molecule is CCOc1nc(CC)ccc1OC. The highest BCUT2D eigenvalue weighted by atomic mass is 16.5. The Labute approximate surface area is 78.7 Å². The Morgan fingerprint density at radius 2 is 2.08 bits per heavy atom. The minimum Gasteiger partial charge on any atom is -0.491 e. The summed E-state index contributed by atoms with van der Waals surface area (Å²) in [5.41, 5.74) is 1.02. The van der Waals surface area contributed by atoms with Crippen molar-refractivity contribution in [2.45, 2.75) is 20.3 Å². The molecule has 0 spiro atoms. The van der Waals surface area contributed by atoms with Crippen molar-refractivity contribution in [3.63, 3.8) is 0 Å². The molecule has 0 aliphatic rings. The Morgan fingerprint density at radius 3 is 2.62 bits per heavy atom. The summed E-state index contributed by atoms with van der Waals surface area (Å²) >= 11 is 0. The molecule has 1 aromatic heterocycles. The molecular formula is C10H15NO2. The molecule has 3 nitrogen and oxygen atoms in total. The Balaban J connectivity index is 2.95. The van der Waals surface area contributed by atoms with Gasteiger partial charge in [-0.15, -0.1) is 0 Å². The summed E-state index contributed by atoms with van der Waals surface area (Å²) in [6.45, 7) is 4.60. The van der Waals surface area contributed by atoms with Crippen LogP contribution in [0, 0.1) is 0 Å². The Hall–Kier alpha value is -1.25. The number of ether oxygens (including phenoxy) is 2. The van der Waals surface area contributed by atoms with Crippen LogP contribution in [-0.4, -0.2) is 18.7 Å². The van der Waals surface area contributed by atoms with Crippen molar-refractivity contribution in [3.8, 4) is 11.6 Å². The van der Waals surface area contributed by atoms with E-state index in [4.69, 9.17) is 9.47 Å². The fraction of sp³-hybridized carbons (Fsp3) is 0.500. The molecule has 0 aliphatic carbocycles. The van der Waals surface area contributed by atoms with Crippen LogP contribution in [0.15, 0.2) is 12.1 Å². The van der Waals surface area contributed by atoms with Gasteiger partial charge in [0.15, 0.2) is 5.75 Å². The zero-order chi connectivity index (χ0) is 9.68. The maximum absolute atomic E-state index is 5.33. The van der Waals surface area contributed by atoms with Gasteiger partial charge in [0.05, 0.1) is 13.7 Å². The highest BCUT2D eigenvalue weighted by Gasteiger charge is 2.05. The molecule has 0 fully saturated rings. The van der Waals surface area contributed by atoms with E-state index < -0.39 is 0 Å². The molecule has 3 heteroatoms. The Morgan fingerprint density at radius 1 is 1.31 bits per heavy atom. The predicted octanol–water partition coefficient (Wildman–Crippen LogP) is 2.05. The first kappa shape index (κ1) is 9.84. The lowest BCUT2D eigenvalue weighted by Crippen LogP contribution is -1.99. The Bertz CT molecular complexity index is 274. The van der Waals surface area contributed by atoms with Gasteiger partial charge in [-0.2, -0.15) is 0 Å². The van der Waals surface area contributed by atoms with E-state index in [0.29, 0.717) is 18.2 Å². The van der Waals surface area contributed by atoms with Crippen LogP contribution >= 0.6 is 0 Å². The molecule has 0 saturated heterocycles. The smallest absolute Gasteiger partial charge is 0.257 e. The number of hydrogen-bond acceptors (Lipinski definition) is 3. The average Bonchev–Trinajstić information content (AvgIpc) is 2.18. The third-order valence-corrected chi connectivity index (χ3v) is 1.75. The lowest BCUT2D eigenvalue weighted by Gasteiger charge is -2.08. The second-order valence-electron chi connectivity index (χ2n) is 2.60. The van der Waals surface area contributed by atoms with E-state index in [0.717, 1.165) is 12.1 Å². The number of rotatable bonds is 4. The molecule has 0 amide bonds. The first-order chi connectivity index (χ1) is 6.31. The van der Waals surface area contributed by atoms with Crippen LogP contribution in [0.4, 0.5) is 0 Å². The van der Waals surface area contributed by atoms with Gasteiger partial charge in [0, 0.05) is 5.69 Å². The van der Waals surface area contributed by atoms with Gasteiger partial charge in [-0.25, -0.2) is 4.98 Å². The fourth-order valence-corrected chi connectivity index (χ4v) is 1.06. The van der Waals surface area contributed by atoms with Gasteiger partial charge in [0.25, 0.3) is 5.88 Å². The third-order valence-electron chi connectivity index (χ3n) is 1.75. The number of aromatic nitrogens is 1. The molecule has 1 heterocycles. The van der Waals surface area contributed by atoms with Crippen molar-refractivity contribution >= 4 is 0 Å². The minimum atomic E-state index is 0.587. The summed E-state index contributed by atoms with van der Waals surface area (Å²) in [5, 5.41) is 0. The van der Waals surface area contributed by atoms with Crippen molar-refractivity contribution in [1.29, 1.82) is 0 Å². The number of nitrogens with zero attached hydrogens (tertiary/aromatic N) is 1. The van der Waals surface area contributed by atoms with Crippen LogP contribution in [0.2, 0.25) is 0 Å². The zero-order valence-electron chi connectivity index (χ0n) is 8.33. The van der Waals surface area contributed by atoms with Gasteiger partial charge in [0.1, 0.15) is 0 Å². The van der Waals surface area contributed by atoms with E-state index in [1.807, 2.05) is 19.1 Å². The third kappa shape index (κ3) is 2.34. The van der Waals surface area contributed by atoms with Gasteiger partial charge in [-0.05, 0) is 25.5 Å². The first-order valence-electron chi connectivity index (χ1n) is 4.48. The van der Waals surface area contributed by atoms with E-state index in [9.17, 15) is 0 Å². The number of methoxy groups -OCH3 is 1.